The molecule has 8 heteroatoms. The maximum absolute atomic E-state index is 12.4. The maximum atomic E-state index is 12.4. The van der Waals surface area contributed by atoms with E-state index >= 15 is 0 Å². The molecule has 2 aromatic rings. The van der Waals surface area contributed by atoms with Crippen LogP contribution in [0.2, 0.25) is 0 Å². The number of hydrogen-bond donors (Lipinski definition) is 3. The van der Waals surface area contributed by atoms with Crippen LogP contribution in [0.1, 0.15) is 23.6 Å². The molecule has 156 valence electrons. The van der Waals surface area contributed by atoms with Crippen LogP contribution in [0.5, 0.6) is 17.2 Å². The molecule has 2 rings (SSSR count). The van der Waals surface area contributed by atoms with Crippen LogP contribution in [-0.2, 0) is 17.6 Å². The number of ether oxygens (including phenoxy) is 3. The van der Waals surface area contributed by atoms with Crippen LogP contribution in [0.25, 0.3) is 0 Å². The molecule has 0 unspecified atom stereocenters. The van der Waals surface area contributed by atoms with Crippen LogP contribution in [0.3, 0.4) is 0 Å². The highest BCUT2D eigenvalue weighted by Crippen LogP contribution is 2.39. The van der Waals surface area contributed by atoms with E-state index in [1.165, 1.54) is 14.2 Å². The standard InChI is InChI=1S/C21H27N3O4S/c1-6-14-9-7-8-13(2)18(14)22-21(29)24-23-17(25)12-15-10-11-16(26-3)20(28-5)19(15)27-4/h7-11H,6,12H2,1-5H3,(H,23,25)(H2,22,24,29). The second kappa shape index (κ2) is 10.5. The molecule has 7 nitrogen and oxygen atoms in total. The van der Waals surface area contributed by atoms with Gasteiger partial charge in [0.1, 0.15) is 0 Å². The van der Waals surface area contributed by atoms with Crippen LogP contribution in [0, 0.1) is 6.92 Å². The SMILES string of the molecule is CCc1cccc(C)c1NC(=S)NNC(=O)Cc1ccc(OC)c(OC)c1OC. The second-order valence-electron chi connectivity index (χ2n) is 6.26. The van der Waals surface area contributed by atoms with Crippen LogP contribution < -0.4 is 30.4 Å². The summed E-state index contributed by atoms with van der Waals surface area (Å²) >= 11 is 5.31. The topological polar surface area (TPSA) is 80.9 Å². The molecular formula is C21H27N3O4S. The summed E-state index contributed by atoms with van der Waals surface area (Å²) in [6.07, 6.45) is 0.946. The quantitative estimate of drug-likeness (QED) is 0.472. The Balaban J connectivity index is 2.01. The number of para-hydroxylation sites is 1. The highest BCUT2D eigenvalue weighted by molar-refractivity contribution is 7.80. The molecule has 0 atom stereocenters. The Morgan fingerprint density at radius 1 is 0.966 bits per heavy atom. The molecule has 0 radical (unpaired) electrons. The van der Waals surface area contributed by atoms with Crippen molar-refractivity contribution in [2.75, 3.05) is 26.6 Å². The number of rotatable bonds is 7. The summed E-state index contributed by atoms with van der Waals surface area (Å²) in [5.74, 6) is 1.15. The van der Waals surface area contributed by atoms with E-state index in [-0.39, 0.29) is 12.3 Å². The second-order valence-corrected chi connectivity index (χ2v) is 6.67. The van der Waals surface area contributed by atoms with E-state index in [4.69, 9.17) is 26.4 Å². The van der Waals surface area contributed by atoms with Crippen LogP contribution in [0.15, 0.2) is 30.3 Å². The Kier molecular flexibility index (Phi) is 8.09. The van der Waals surface area contributed by atoms with E-state index in [0.717, 1.165) is 23.2 Å². The van der Waals surface area contributed by atoms with Crippen LogP contribution >= 0.6 is 12.2 Å². The average molecular weight is 418 g/mol. The minimum absolute atomic E-state index is 0.0731. The third kappa shape index (κ3) is 5.51. The fourth-order valence-corrected chi connectivity index (χ4v) is 3.15. The summed E-state index contributed by atoms with van der Waals surface area (Å²) in [4.78, 5) is 12.4. The molecule has 0 aromatic heterocycles. The summed E-state index contributed by atoms with van der Waals surface area (Å²) in [6.45, 7) is 4.08. The Morgan fingerprint density at radius 2 is 1.69 bits per heavy atom. The lowest BCUT2D eigenvalue weighted by Crippen LogP contribution is -2.44. The van der Waals surface area contributed by atoms with Gasteiger partial charge in [-0.1, -0.05) is 31.2 Å². The predicted octanol–water partition coefficient (Wildman–Crippen LogP) is 3.14. The summed E-state index contributed by atoms with van der Waals surface area (Å²) in [5, 5.41) is 3.46. The van der Waals surface area contributed by atoms with Gasteiger partial charge < -0.3 is 19.5 Å². The molecule has 2 aromatic carbocycles. The number of thiocarbonyl (C=S) groups is 1. The lowest BCUT2D eigenvalue weighted by atomic mass is 10.1. The van der Waals surface area contributed by atoms with Crippen molar-refractivity contribution in [3.8, 4) is 17.2 Å². The largest absolute Gasteiger partial charge is 0.493 e. The molecular weight excluding hydrogens is 390 g/mol. The van der Waals surface area contributed by atoms with Crippen molar-refractivity contribution in [3.63, 3.8) is 0 Å². The van der Waals surface area contributed by atoms with Gasteiger partial charge in [0, 0.05) is 11.3 Å². The first-order valence-electron chi connectivity index (χ1n) is 9.17. The van der Waals surface area contributed by atoms with Crippen LogP contribution in [0.4, 0.5) is 5.69 Å². The number of anilines is 1. The van der Waals surface area contributed by atoms with Gasteiger partial charge in [-0.25, -0.2) is 0 Å². The van der Waals surface area contributed by atoms with Gasteiger partial charge in [-0.3, -0.25) is 15.6 Å². The lowest BCUT2D eigenvalue weighted by molar-refractivity contribution is -0.121. The van der Waals surface area contributed by atoms with Crippen molar-refractivity contribution in [1.82, 2.24) is 10.9 Å². The van der Waals surface area contributed by atoms with E-state index in [1.807, 2.05) is 25.1 Å². The van der Waals surface area contributed by atoms with Gasteiger partial charge in [-0.05, 0) is 42.8 Å². The van der Waals surface area contributed by atoms with Crippen molar-refractivity contribution in [2.45, 2.75) is 26.7 Å². The Hall–Kier alpha value is -3.00. The molecule has 0 aliphatic carbocycles. The number of amides is 1. The van der Waals surface area contributed by atoms with Gasteiger partial charge in [-0.2, -0.15) is 0 Å². The Bertz CT molecular complexity index is 886. The van der Waals surface area contributed by atoms with Gasteiger partial charge in [0.15, 0.2) is 16.6 Å². The third-order valence-corrected chi connectivity index (χ3v) is 4.63. The number of carbonyl (C=O) groups excluding carboxylic acids is 1. The average Bonchev–Trinajstić information content (AvgIpc) is 2.73. The normalized spacial score (nSPS) is 10.1. The number of hydrazine groups is 1. The van der Waals surface area contributed by atoms with E-state index in [1.54, 1.807) is 19.2 Å². The summed E-state index contributed by atoms with van der Waals surface area (Å²) < 4.78 is 16.0. The van der Waals surface area contributed by atoms with Crippen LogP contribution in [-0.4, -0.2) is 32.3 Å². The van der Waals surface area contributed by atoms with Crippen molar-refractivity contribution >= 4 is 28.9 Å². The molecule has 3 N–H and O–H groups in total. The number of hydrogen-bond acceptors (Lipinski definition) is 5. The molecule has 1 amide bonds. The fraction of sp³-hybridized carbons (Fsp3) is 0.333. The van der Waals surface area contributed by atoms with E-state index in [2.05, 4.69) is 23.1 Å². The Labute approximate surface area is 176 Å². The smallest absolute Gasteiger partial charge is 0.242 e. The van der Waals surface area contributed by atoms with Crippen molar-refractivity contribution in [2.24, 2.45) is 0 Å². The van der Waals surface area contributed by atoms with Crippen molar-refractivity contribution in [1.29, 1.82) is 0 Å². The monoisotopic (exact) mass is 417 g/mol. The summed E-state index contributed by atoms with van der Waals surface area (Å²) in [5.41, 5.74) is 9.18. The predicted molar refractivity (Wildman–Crippen MR) is 118 cm³/mol. The zero-order valence-electron chi connectivity index (χ0n) is 17.3. The third-order valence-electron chi connectivity index (χ3n) is 4.43. The summed E-state index contributed by atoms with van der Waals surface area (Å²) in [7, 11) is 4.58. The summed E-state index contributed by atoms with van der Waals surface area (Å²) in [6, 6.07) is 9.55. The molecule has 0 aliphatic heterocycles. The Morgan fingerprint density at radius 3 is 2.31 bits per heavy atom. The molecule has 0 spiro atoms. The minimum Gasteiger partial charge on any atom is -0.493 e. The zero-order valence-corrected chi connectivity index (χ0v) is 18.2. The van der Waals surface area contributed by atoms with E-state index in [0.29, 0.717) is 27.9 Å². The first-order valence-corrected chi connectivity index (χ1v) is 9.58. The lowest BCUT2D eigenvalue weighted by Gasteiger charge is -2.17. The number of benzene rings is 2. The number of methoxy groups -OCH3 is 3. The number of aryl methyl sites for hydroxylation is 2. The number of carbonyl (C=O) groups is 1. The molecule has 0 fully saturated rings. The van der Waals surface area contributed by atoms with E-state index in [9.17, 15) is 4.79 Å². The first kappa shape index (κ1) is 22.3. The molecule has 0 saturated carbocycles. The molecule has 0 heterocycles. The molecule has 0 bridgehead atoms. The van der Waals surface area contributed by atoms with Gasteiger partial charge in [0.05, 0.1) is 27.8 Å². The zero-order chi connectivity index (χ0) is 21.4. The van der Waals surface area contributed by atoms with Gasteiger partial charge in [0.2, 0.25) is 11.7 Å². The maximum Gasteiger partial charge on any atom is 0.242 e. The van der Waals surface area contributed by atoms with Crippen molar-refractivity contribution < 1.29 is 19.0 Å². The number of nitrogens with one attached hydrogen (secondary N) is 3. The van der Waals surface area contributed by atoms with E-state index < -0.39 is 0 Å². The minimum atomic E-state index is -0.278. The highest BCUT2D eigenvalue weighted by Gasteiger charge is 2.18. The molecule has 0 aliphatic rings. The highest BCUT2D eigenvalue weighted by atomic mass is 32.1. The van der Waals surface area contributed by atoms with Gasteiger partial charge in [-0.15, -0.1) is 0 Å². The molecule has 29 heavy (non-hydrogen) atoms. The fourth-order valence-electron chi connectivity index (χ4n) is 2.99. The van der Waals surface area contributed by atoms with Gasteiger partial charge in [0.25, 0.3) is 0 Å². The molecule has 0 saturated heterocycles. The van der Waals surface area contributed by atoms with Gasteiger partial charge >= 0.3 is 0 Å². The van der Waals surface area contributed by atoms with Crippen molar-refractivity contribution in [3.05, 3.63) is 47.0 Å². The first-order chi connectivity index (χ1) is 13.9.